The van der Waals surface area contributed by atoms with Crippen molar-refractivity contribution in [3.05, 3.63) is 99.6 Å². The average Bonchev–Trinajstić information content (AvgIpc) is 3.43. The van der Waals surface area contributed by atoms with Gasteiger partial charge in [-0.3, -0.25) is 14.6 Å². The van der Waals surface area contributed by atoms with Gasteiger partial charge in [-0.1, -0.05) is 29.8 Å². The molecule has 3 aromatic rings. The number of hydrogen-bond acceptors (Lipinski definition) is 4. The number of likely N-dealkylation sites (tertiary alicyclic amines) is 1. The summed E-state index contributed by atoms with van der Waals surface area (Å²) in [4.78, 5) is 20.9. The zero-order valence-corrected chi connectivity index (χ0v) is 26.4. The first kappa shape index (κ1) is 35.8. The van der Waals surface area contributed by atoms with Crippen LogP contribution in [-0.2, 0) is 36.4 Å². The maximum Gasteiger partial charge on any atom is 0.416 e. The highest BCUT2D eigenvalue weighted by Gasteiger charge is 2.42. The molecule has 0 unspecified atom stereocenters. The van der Waals surface area contributed by atoms with Crippen molar-refractivity contribution in [2.75, 3.05) is 44.7 Å². The van der Waals surface area contributed by atoms with Crippen molar-refractivity contribution in [3.63, 3.8) is 0 Å². The van der Waals surface area contributed by atoms with Crippen molar-refractivity contribution in [2.24, 2.45) is 0 Å². The van der Waals surface area contributed by atoms with Gasteiger partial charge < -0.3 is 9.80 Å². The number of carbonyl (C=O) groups is 1. The quantitative estimate of drug-likeness (QED) is 0.235. The lowest BCUT2D eigenvalue weighted by Gasteiger charge is -2.38. The summed E-state index contributed by atoms with van der Waals surface area (Å²) in [5.41, 5.74) is -2.52. The molecule has 1 amide bonds. The minimum absolute atomic E-state index is 0.0905. The molecule has 15 heteroatoms. The van der Waals surface area contributed by atoms with Gasteiger partial charge in [0.25, 0.3) is 0 Å². The third-order valence-corrected chi connectivity index (χ3v) is 9.01. The predicted molar refractivity (Wildman–Crippen MR) is 162 cm³/mol. The largest absolute Gasteiger partial charge is 0.416 e. The predicted octanol–water partition coefficient (Wildman–Crippen LogP) is 7.82. The summed E-state index contributed by atoms with van der Waals surface area (Å²) < 4.78 is 121. The summed E-state index contributed by atoms with van der Waals surface area (Å²) in [5.74, 6) is -0.213. The van der Waals surface area contributed by atoms with Gasteiger partial charge in [0.2, 0.25) is 5.91 Å². The number of carbonyl (C=O) groups excluding carboxylic acids is 1. The van der Waals surface area contributed by atoms with Crippen LogP contribution >= 0.6 is 11.6 Å². The summed E-state index contributed by atoms with van der Waals surface area (Å²) in [6, 6.07) is 12.5. The van der Waals surface area contributed by atoms with Crippen molar-refractivity contribution in [1.29, 1.82) is 0 Å². The number of anilines is 1. The number of halogens is 10. The van der Waals surface area contributed by atoms with E-state index in [9.17, 15) is 44.3 Å². The highest BCUT2D eigenvalue weighted by Crippen LogP contribution is 2.37. The minimum atomic E-state index is -4.97. The smallest absolute Gasteiger partial charge is 0.368 e. The molecule has 2 heterocycles. The summed E-state index contributed by atoms with van der Waals surface area (Å²) in [6.07, 6.45) is -14.2. The summed E-state index contributed by atoms with van der Waals surface area (Å²) in [6.45, 7) is 1.49. The fourth-order valence-corrected chi connectivity index (χ4v) is 6.52. The average molecular weight is 707 g/mol. The molecule has 2 atom stereocenters. The number of alkyl halides is 9. The van der Waals surface area contributed by atoms with E-state index in [2.05, 4.69) is 0 Å². The fourth-order valence-electron chi connectivity index (χ4n) is 6.30. The van der Waals surface area contributed by atoms with E-state index in [1.54, 1.807) is 46.0 Å². The van der Waals surface area contributed by atoms with E-state index < -0.39 is 47.3 Å². The Bertz CT molecular complexity index is 1570. The van der Waals surface area contributed by atoms with E-state index in [0.29, 0.717) is 49.0 Å². The lowest BCUT2D eigenvalue weighted by molar-refractivity contribution is -0.143. The zero-order chi connectivity index (χ0) is 35.0. The summed E-state index contributed by atoms with van der Waals surface area (Å²) in [7, 11) is 1.59. The molecule has 2 fully saturated rings. The number of likely N-dealkylation sites (N-methyl/N-ethyl adjacent to an activating group) is 1. The molecule has 48 heavy (non-hydrogen) atoms. The van der Waals surface area contributed by atoms with Gasteiger partial charge >= 0.3 is 18.5 Å². The molecule has 0 spiro atoms. The second-order valence-electron chi connectivity index (χ2n) is 12.2. The second-order valence-corrected chi connectivity index (χ2v) is 12.6. The van der Waals surface area contributed by atoms with Crippen LogP contribution in [0.25, 0.3) is 0 Å². The molecule has 2 aliphatic heterocycles. The molecular weight excluding hydrogens is 675 g/mol. The van der Waals surface area contributed by atoms with E-state index >= 15 is 0 Å². The normalized spacial score (nSPS) is 19.8. The van der Waals surface area contributed by atoms with Crippen LogP contribution in [0.15, 0.2) is 66.7 Å². The lowest BCUT2D eigenvalue weighted by Crippen LogP contribution is -2.53. The summed E-state index contributed by atoms with van der Waals surface area (Å²) in [5, 5.41) is 0.485. The van der Waals surface area contributed by atoms with E-state index in [-0.39, 0.29) is 43.6 Å². The van der Waals surface area contributed by atoms with Crippen LogP contribution in [0, 0.1) is 0 Å². The van der Waals surface area contributed by atoms with E-state index in [4.69, 9.17) is 11.6 Å². The molecule has 0 radical (unpaired) electrons. The van der Waals surface area contributed by atoms with Crippen LogP contribution in [0.1, 0.15) is 34.2 Å². The molecule has 5 rings (SSSR count). The Kier molecular flexibility index (Phi) is 10.3. The number of piperazine rings is 1. The van der Waals surface area contributed by atoms with Crippen molar-refractivity contribution in [1.82, 2.24) is 14.7 Å². The molecule has 260 valence electrons. The Balaban J connectivity index is 1.32. The topological polar surface area (TPSA) is 30.0 Å². The zero-order valence-electron chi connectivity index (χ0n) is 25.6. The van der Waals surface area contributed by atoms with Crippen molar-refractivity contribution < 1.29 is 44.3 Å². The lowest BCUT2D eigenvalue weighted by atomic mass is 10.0. The minimum Gasteiger partial charge on any atom is -0.368 e. The van der Waals surface area contributed by atoms with Gasteiger partial charge in [0.15, 0.2) is 0 Å². The highest BCUT2D eigenvalue weighted by atomic mass is 35.5. The maximum atomic E-state index is 14.0. The molecule has 2 saturated heterocycles. The monoisotopic (exact) mass is 706 g/mol. The van der Waals surface area contributed by atoms with Crippen molar-refractivity contribution in [3.8, 4) is 0 Å². The molecule has 3 aromatic carbocycles. The van der Waals surface area contributed by atoms with E-state index in [1.807, 2.05) is 11.0 Å². The van der Waals surface area contributed by atoms with Gasteiger partial charge in [-0.2, -0.15) is 39.5 Å². The van der Waals surface area contributed by atoms with E-state index in [0.717, 1.165) is 17.7 Å². The van der Waals surface area contributed by atoms with Crippen LogP contribution in [0.2, 0.25) is 5.02 Å². The first-order valence-electron chi connectivity index (χ1n) is 15.1. The second kappa shape index (κ2) is 13.8. The van der Waals surface area contributed by atoms with Crippen LogP contribution in [-0.4, -0.2) is 72.5 Å². The van der Waals surface area contributed by atoms with Gasteiger partial charge in [0.1, 0.15) is 0 Å². The first-order chi connectivity index (χ1) is 22.4. The molecule has 0 aromatic heterocycles. The SMILES string of the molecule is CN(Cc1cc(C(F)(F)F)cc(C(F)(F)F)c1)[C@H]1C[C@@H](C(=O)N2CCN(c3cccc(C(F)(F)F)c3)CC2)N(Cc2cccc(Cl)c2)C1. The summed E-state index contributed by atoms with van der Waals surface area (Å²) >= 11 is 6.18. The molecular formula is C33H32ClF9N4O. The third-order valence-electron chi connectivity index (χ3n) is 8.77. The van der Waals surface area contributed by atoms with Gasteiger partial charge in [0.05, 0.1) is 22.7 Å². The molecule has 0 bridgehead atoms. The maximum absolute atomic E-state index is 14.0. The van der Waals surface area contributed by atoms with Gasteiger partial charge in [-0.15, -0.1) is 0 Å². The van der Waals surface area contributed by atoms with Gasteiger partial charge in [-0.05, 0) is 73.1 Å². The van der Waals surface area contributed by atoms with Crippen LogP contribution in [0.4, 0.5) is 45.2 Å². The Morgan fingerprint density at radius 3 is 1.96 bits per heavy atom. The number of rotatable bonds is 7. The van der Waals surface area contributed by atoms with Crippen molar-refractivity contribution >= 4 is 23.2 Å². The number of hydrogen-bond donors (Lipinski definition) is 0. The highest BCUT2D eigenvalue weighted by molar-refractivity contribution is 6.30. The third kappa shape index (κ3) is 8.56. The van der Waals surface area contributed by atoms with Gasteiger partial charge in [0, 0.05) is 62.6 Å². The Morgan fingerprint density at radius 1 is 0.771 bits per heavy atom. The first-order valence-corrected chi connectivity index (χ1v) is 15.4. The van der Waals surface area contributed by atoms with Crippen LogP contribution in [0.3, 0.4) is 0 Å². The van der Waals surface area contributed by atoms with Crippen molar-refractivity contribution in [2.45, 2.75) is 50.1 Å². The van der Waals surface area contributed by atoms with E-state index in [1.165, 1.54) is 6.07 Å². The standard InChI is InChI=1S/C33H32ClF9N4O/c1-44(18-22-12-24(32(38,39)40)15-25(13-22)33(41,42)43)28-17-29(47(20-28)19-21-4-2-6-26(34)14-21)30(48)46-10-8-45(9-11-46)27-7-3-5-23(16-27)31(35,36)37/h2-7,12-16,28-29H,8-11,17-20H2,1H3/t28-,29-/m0/s1. The van der Waals surface area contributed by atoms with Crippen LogP contribution < -0.4 is 4.90 Å². The molecule has 2 aliphatic rings. The number of amides is 1. The Morgan fingerprint density at radius 2 is 1.38 bits per heavy atom. The number of benzene rings is 3. The van der Waals surface area contributed by atoms with Crippen LogP contribution in [0.5, 0.6) is 0 Å². The fraction of sp³-hybridized carbons (Fsp3) is 0.424. The molecule has 0 N–H and O–H groups in total. The number of nitrogens with zero attached hydrogens (tertiary/aromatic N) is 4. The Hall–Kier alpha value is -3.49. The Labute approximate surface area is 276 Å². The molecule has 0 saturated carbocycles. The molecule has 0 aliphatic carbocycles. The van der Waals surface area contributed by atoms with Gasteiger partial charge in [-0.25, -0.2) is 0 Å². The molecule has 5 nitrogen and oxygen atoms in total.